The number of carbonyl (C=O) groups is 1. The second-order valence-corrected chi connectivity index (χ2v) is 8.69. The van der Waals surface area contributed by atoms with Gasteiger partial charge in [0.25, 0.3) is 0 Å². The van der Waals surface area contributed by atoms with Crippen molar-refractivity contribution in [2.45, 2.75) is 13.5 Å². The average Bonchev–Trinajstić information content (AvgIpc) is 3.18. The third-order valence-electron chi connectivity index (χ3n) is 4.09. The zero-order chi connectivity index (χ0) is 20.1. The maximum absolute atomic E-state index is 13.2. The molecule has 1 N–H and O–H groups in total. The minimum Gasteiger partial charge on any atom is -0.494 e. The Hall–Kier alpha value is -2.82. The Bertz CT molecular complexity index is 1010. The number of benzene rings is 2. The number of carboxylic acids is 1. The quantitative estimate of drug-likeness (QED) is 0.547. The Morgan fingerprint density at radius 3 is 2.50 bits per heavy atom. The minimum absolute atomic E-state index is 0.168. The van der Waals surface area contributed by atoms with Gasteiger partial charge in [-0.05, 0) is 42.8 Å². The molecule has 2 aromatic carbocycles. The monoisotopic (exact) mass is 400 g/mol. The van der Waals surface area contributed by atoms with Gasteiger partial charge in [-0.15, -0.1) is 0 Å². The van der Waals surface area contributed by atoms with Crippen LogP contribution in [0.3, 0.4) is 0 Å². The number of aromatic carboxylic acids is 1. The number of ether oxygens (including phenoxy) is 1. The molecule has 6 nitrogen and oxygen atoms in total. The molecule has 3 rings (SSSR count). The molecule has 0 fully saturated rings. The fraction of sp³-hybridized carbons (Fsp3) is 0.190. The molecule has 0 spiro atoms. The number of hydrogen-bond donors (Lipinski definition) is 1. The van der Waals surface area contributed by atoms with E-state index in [1.807, 2.05) is 37.3 Å². The summed E-state index contributed by atoms with van der Waals surface area (Å²) in [5.74, 6) is -0.463. The summed E-state index contributed by atoms with van der Waals surface area (Å²) in [5, 5.41) is 9.53. The predicted octanol–water partition coefficient (Wildman–Crippen LogP) is 4.79. The van der Waals surface area contributed by atoms with Crippen molar-refractivity contribution in [3.05, 3.63) is 72.0 Å². The van der Waals surface area contributed by atoms with Crippen molar-refractivity contribution in [3.8, 4) is 17.1 Å². The smallest absolute Gasteiger partial charge is 0.371 e. The van der Waals surface area contributed by atoms with E-state index < -0.39 is 13.3 Å². The van der Waals surface area contributed by atoms with E-state index in [9.17, 15) is 9.36 Å². The lowest BCUT2D eigenvalue weighted by molar-refractivity contribution is 0.0663. The normalized spacial score (nSPS) is 13.1. The molecule has 0 amide bonds. The molecule has 0 aliphatic carbocycles. The third kappa shape index (κ3) is 4.71. The van der Waals surface area contributed by atoms with Gasteiger partial charge in [-0.25, -0.2) is 4.79 Å². The van der Waals surface area contributed by atoms with E-state index in [-0.39, 0.29) is 12.4 Å². The second kappa shape index (κ2) is 8.46. The van der Waals surface area contributed by atoms with Crippen molar-refractivity contribution in [1.82, 2.24) is 0 Å². The van der Waals surface area contributed by atoms with Crippen LogP contribution in [0.2, 0.25) is 0 Å². The first-order chi connectivity index (χ1) is 13.4. The zero-order valence-electron chi connectivity index (χ0n) is 15.6. The first-order valence-corrected chi connectivity index (χ1v) is 10.8. The summed E-state index contributed by atoms with van der Waals surface area (Å²) in [7, 11) is -3.16. The molecule has 1 aromatic heterocycles. The molecule has 1 heterocycles. The van der Waals surface area contributed by atoms with Gasteiger partial charge in [0.15, 0.2) is 0 Å². The lowest BCUT2D eigenvalue weighted by Crippen LogP contribution is -2.08. The Balaban J connectivity index is 1.93. The predicted molar refractivity (Wildman–Crippen MR) is 107 cm³/mol. The molecule has 0 bridgehead atoms. The first-order valence-electron chi connectivity index (χ1n) is 8.77. The van der Waals surface area contributed by atoms with Crippen LogP contribution in [-0.2, 0) is 15.7 Å². The van der Waals surface area contributed by atoms with E-state index in [1.165, 1.54) is 6.07 Å². The summed E-state index contributed by atoms with van der Waals surface area (Å²) in [5.41, 5.74) is 1.49. The van der Waals surface area contributed by atoms with Crippen LogP contribution in [0.15, 0.2) is 65.1 Å². The van der Waals surface area contributed by atoms with Gasteiger partial charge in [0.05, 0.1) is 13.2 Å². The molecule has 0 radical (unpaired) electrons. The number of carboxylic acid groups (broad SMARTS) is 1. The van der Waals surface area contributed by atoms with Gasteiger partial charge < -0.3 is 18.8 Å². The van der Waals surface area contributed by atoms with Crippen LogP contribution in [0.4, 0.5) is 0 Å². The lowest BCUT2D eigenvalue weighted by atomic mass is 10.1. The van der Waals surface area contributed by atoms with E-state index in [0.29, 0.717) is 29.0 Å². The molecule has 28 heavy (non-hydrogen) atoms. The molecule has 7 heteroatoms. The van der Waals surface area contributed by atoms with Gasteiger partial charge in [-0.1, -0.05) is 30.3 Å². The highest BCUT2D eigenvalue weighted by Crippen LogP contribution is 2.44. The number of furan rings is 1. The molecule has 1 unspecified atom stereocenters. The van der Waals surface area contributed by atoms with Crippen LogP contribution in [0, 0.1) is 0 Å². The van der Waals surface area contributed by atoms with Crippen LogP contribution in [-0.4, -0.2) is 24.3 Å². The molecule has 146 valence electrons. The average molecular weight is 400 g/mol. The van der Waals surface area contributed by atoms with E-state index in [1.54, 1.807) is 30.9 Å². The largest absolute Gasteiger partial charge is 0.494 e. The lowest BCUT2D eigenvalue weighted by Gasteiger charge is -2.17. The fourth-order valence-electron chi connectivity index (χ4n) is 2.66. The molecule has 0 aliphatic rings. The van der Waals surface area contributed by atoms with E-state index in [0.717, 1.165) is 5.56 Å². The van der Waals surface area contributed by atoms with Gasteiger partial charge in [0.2, 0.25) is 13.1 Å². The molecule has 0 saturated carbocycles. The van der Waals surface area contributed by atoms with Crippen LogP contribution in [0.1, 0.15) is 23.0 Å². The van der Waals surface area contributed by atoms with Gasteiger partial charge in [-0.2, -0.15) is 0 Å². The summed E-state index contributed by atoms with van der Waals surface area (Å²) in [6.45, 7) is 4.04. The first kappa shape index (κ1) is 19.9. The maximum Gasteiger partial charge on any atom is 0.371 e. The van der Waals surface area contributed by atoms with Crippen LogP contribution in [0.25, 0.3) is 11.3 Å². The van der Waals surface area contributed by atoms with Gasteiger partial charge in [-0.3, -0.25) is 4.57 Å². The fourth-order valence-corrected chi connectivity index (χ4v) is 3.94. The highest BCUT2D eigenvalue weighted by molar-refractivity contribution is 7.66. The van der Waals surface area contributed by atoms with Crippen LogP contribution >= 0.6 is 7.37 Å². The van der Waals surface area contributed by atoms with Crippen molar-refractivity contribution >= 4 is 18.6 Å². The Morgan fingerprint density at radius 1 is 1.11 bits per heavy atom. The topological polar surface area (TPSA) is 86.0 Å². The third-order valence-corrected chi connectivity index (χ3v) is 5.91. The van der Waals surface area contributed by atoms with Crippen molar-refractivity contribution in [2.24, 2.45) is 0 Å². The van der Waals surface area contributed by atoms with Crippen molar-refractivity contribution in [3.63, 3.8) is 0 Å². The van der Waals surface area contributed by atoms with Crippen molar-refractivity contribution < 1.29 is 28.1 Å². The summed E-state index contributed by atoms with van der Waals surface area (Å²) in [6, 6.07) is 17.5. The van der Waals surface area contributed by atoms with E-state index in [4.69, 9.17) is 18.8 Å². The van der Waals surface area contributed by atoms with Crippen LogP contribution < -0.4 is 10.0 Å². The summed E-state index contributed by atoms with van der Waals surface area (Å²) >= 11 is 0. The summed E-state index contributed by atoms with van der Waals surface area (Å²) < 4.78 is 29.9. The number of rotatable bonds is 8. The molecular weight excluding hydrogens is 379 g/mol. The van der Waals surface area contributed by atoms with Crippen molar-refractivity contribution in [1.29, 1.82) is 0 Å². The Labute approximate surface area is 163 Å². The summed E-state index contributed by atoms with van der Waals surface area (Å²) in [4.78, 5) is 11.1. The number of hydrogen-bond acceptors (Lipinski definition) is 5. The standard InChI is InChI=1S/C21H21O6P/c1-3-25-17-11-16(19-9-10-20(27-19)21(22)23)12-18(13-17)28(2,24)26-14-15-7-5-4-6-8-15/h4-13H,3,14H2,1-2H3,(H,22,23). The maximum atomic E-state index is 13.2. The van der Waals surface area contributed by atoms with Crippen molar-refractivity contribution in [2.75, 3.05) is 13.3 Å². The highest BCUT2D eigenvalue weighted by atomic mass is 31.2. The Kier molecular flexibility index (Phi) is 6.02. The van der Waals surface area contributed by atoms with Gasteiger partial charge in [0, 0.05) is 17.5 Å². The molecule has 1 atom stereocenters. The zero-order valence-corrected chi connectivity index (χ0v) is 16.5. The molecule has 3 aromatic rings. The summed E-state index contributed by atoms with van der Waals surface area (Å²) in [6.07, 6.45) is 0. The van der Waals surface area contributed by atoms with Gasteiger partial charge in [0.1, 0.15) is 11.5 Å². The van der Waals surface area contributed by atoms with E-state index >= 15 is 0 Å². The van der Waals surface area contributed by atoms with Gasteiger partial charge >= 0.3 is 5.97 Å². The van der Waals surface area contributed by atoms with E-state index in [2.05, 4.69) is 0 Å². The minimum atomic E-state index is -3.16. The molecule has 0 saturated heterocycles. The molecular formula is C21H21O6P. The Morgan fingerprint density at radius 2 is 1.86 bits per heavy atom. The SMILES string of the molecule is CCOc1cc(-c2ccc(C(=O)O)o2)cc(P(C)(=O)OCc2ccccc2)c1. The highest BCUT2D eigenvalue weighted by Gasteiger charge is 2.22. The molecule has 0 aliphatic heterocycles. The van der Waals surface area contributed by atoms with Crippen LogP contribution in [0.5, 0.6) is 5.75 Å². The second-order valence-electron chi connectivity index (χ2n) is 6.22.